The molecule has 1 aromatic carbocycles. The molecule has 0 amide bonds. The van der Waals surface area contributed by atoms with E-state index in [-0.39, 0.29) is 0 Å². The van der Waals surface area contributed by atoms with Crippen LogP contribution in [0.2, 0.25) is 0 Å². The lowest BCUT2D eigenvalue weighted by atomic mass is 10.3. The molecule has 1 rings (SSSR count). The molecule has 0 radical (unpaired) electrons. The maximum absolute atomic E-state index is 5.10. The molecule has 0 aliphatic rings. The van der Waals surface area contributed by atoms with Gasteiger partial charge in [0.25, 0.3) is 0 Å². The van der Waals surface area contributed by atoms with Crippen LogP contribution in [0.15, 0.2) is 24.3 Å². The summed E-state index contributed by atoms with van der Waals surface area (Å²) in [5, 5.41) is 3.05. The fourth-order valence-corrected chi connectivity index (χ4v) is 0.862. The van der Waals surface area contributed by atoms with Crippen LogP contribution in [0.25, 0.3) is 0 Å². The van der Waals surface area contributed by atoms with E-state index in [0.717, 1.165) is 11.4 Å². The number of rotatable bonds is 4. The van der Waals surface area contributed by atoms with Gasteiger partial charge in [-0.25, -0.2) is 5.43 Å². The van der Waals surface area contributed by atoms with E-state index in [4.69, 9.17) is 10.6 Å². The molecule has 4 N–H and O–H groups in total. The zero-order valence-electron chi connectivity index (χ0n) is 7.00. The lowest BCUT2D eigenvalue weighted by molar-refractivity contribution is 0.415. The van der Waals surface area contributed by atoms with Crippen molar-refractivity contribution in [1.29, 1.82) is 0 Å². The minimum atomic E-state index is 0.548. The Hall–Kier alpha value is -1.26. The van der Waals surface area contributed by atoms with Gasteiger partial charge in [-0.1, -0.05) is 0 Å². The summed E-state index contributed by atoms with van der Waals surface area (Å²) in [4.78, 5) is 0. The highest BCUT2D eigenvalue weighted by molar-refractivity contribution is 5.46. The number of anilines is 1. The van der Waals surface area contributed by atoms with Crippen molar-refractivity contribution in [3.8, 4) is 5.75 Å². The average Bonchev–Trinajstić information content (AvgIpc) is 2.15. The lowest BCUT2D eigenvalue weighted by Crippen LogP contribution is -2.28. The summed E-state index contributed by atoms with van der Waals surface area (Å²) in [6.07, 6.45) is 0. The molecule has 0 atom stereocenters. The van der Waals surface area contributed by atoms with Crippen LogP contribution in [-0.4, -0.2) is 13.8 Å². The monoisotopic (exact) mass is 167 g/mol. The number of hydrazine groups is 1. The van der Waals surface area contributed by atoms with E-state index in [0.29, 0.717) is 6.67 Å². The van der Waals surface area contributed by atoms with E-state index in [2.05, 4.69) is 10.7 Å². The molecular formula is C8H13N3O. The fraction of sp³-hybridized carbons (Fsp3) is 0.250. The van der Waals surface area contributed by atoms with Crippen molar-refractivity contribution in [3.63, 3.8) is 0 Å². The van der Waals surface area contributed by atoms with Gasteiger partial charge in [0.15, 0.2) is 0 Å². The second-order valence-electron chi connectivity index (χ2n) is 2.29. The molecule has 0 aromatic heterocycles. The van der Waals surface area contributed by atoms with E-state index in [1.165, 1.54) is 0 Å². The Labute approximate surface area is 71.7 Å². The van der Waals surface area contributed by atoms with Gasteiger partial charge < -0.3 is 10.1 Å². The quantitative estimate of drug-likeness (QED) is 0.348. The highest BCUT2D eigenvalue weighted by atomic mass is 16.5. The van der Waals surface area contributed by atoms with Crippen LogP contribution < -0.4 is 21.3 Å². The van der Waals surface area contributed by atoms with Gasteiger partial charge in [-0.15, -0.1) is 0 Å². The van der Waals surface area contributed by atoms with Crippen LogP contribution >= 0.6 is 0 Å². The van der Waals surface area contributed by atoms with Crippen molar-refractivity contribution in [2.45, 2.75) is 0 Å². The van der Waals surface area contributed by atoms with Crippen LogP contribution in [0.5, 0.6) is 5.75 Å². The molecule has 0 aliphatic carbocycles. The van der Waals surface area contributed by atoms with Crippen molar-refractivity contribution < 1.29 is 4.74 Å². The zero-order valence-corrected chi connectivity index (χ0v) is 7.00. The highest BCUT2D eigenvalue weighted by Crippen LogP contribution is 2.14. The number of hydrogen-bond donors (Lipinski definition) is 3. The van der Waals surface area contributed by atoms with Gasteiger partial charge in [0.05, 0.1) is 13.8 Å². The predicted molar refractivity (Wildman–Crippen MR) is 48.8 cm³/mol. The van der Waals surface area contributed by atoms with Gasteiger partial charge in [-0.2, -0.15) is 0 Å². The molecule has 0 fully saturated rings. The van der Waals surface area contributed by atoms with E-state index in [1.807, 2.05) is 24.3 Å². The number of methoxy groups -OCH3 is 1. The molecule has 0 saturated heterocycles. The van der Waals surface area contributed by atoms with Gasteiger partial charge in [0.2, 0.25) is 0 Å². The van der Waals surface area contributed by atoms with Gasteiger partial charge in [-0.3, -0.25) is 5.84 Å². The molecule has 4 heteroatoms. The molecule has 1 aromatic rings. The molecule has 0 saturated carbocycles. The molecule has 12 heavy (non-hydrogen) atoms. The third-order valence-corrected chi connectivity index (χ3v) is 1.48. The number of benzene rings is 1. The first-order valence-electron chi connectivity index (χ1n) is 3.68. The summed E-state index contributed by atoms with van der Waals surface area (Å²) in [7, 11) is 1.64. The van der Waals surface area contributed by atoms with Crippen LogP contribution in [0.4, 0.5) is 5.69 Å². The molecule has 66 valence electrons. The summed E-state index contributed by atoms with van der Waals surface area (Å²) in [5.41, 5.74) is 3.51. The number of ether oxygens (including phenoxy) is 1. The van der Waals surface area contributed by atoms with E-state index in [1.54, 1.807) is 7.11 Å². The fourth-order valence-electron chi connectivity index (χ4n) is 0.862. The maximum atomic E-state index is 5.10. The Morgan fingerprint density at radius 1 is 1.33 bits per heavy atom. The number of hydrogen-bond acceptors (Lipinski definition) is 4. The Morgan fingerprint density at radius 2 is 2.00 bits per heavy atom. The summed E-state index contributed by atoms with van der Waals surface area (Å²) >= 11 is 0. The Balaban J connectivity index is 2.53. The van der Waals surface area contributed by atoms with E-state index in [9.17, 15) is 0 Å². The first-order chi connectivity index (χ1) is 5.86. The zero-order chi connectivity index (χ0) is 8.81. The van der Waals surface area contributed by atoms with Gasteiger partial charge in [0.1, 0.15) is 5.75 Å². The smallest absolute Gasteiger partial charge is 0.119 e. The molecule has 0 unspecified atom stereocenters. The summed E-state index contributed by atoms with van der Waals surface area (Å²) in [5.74, 6) is 5.94. The molecule has 0 heterocycles. The third kappa shape index (κ3) is 2.41. The van der Waals surface area contributed by atoms with Crippen LogP contribution in [-0.2, 0) is 0 Å². The third-order valence-electron chi connectivity index (χ3n) is 1.48. The van der Waals surface area contributed by atoms with Crippen LogP contribution in [0.1, 0.15) is 0 Å². The standard InChI is InChI=1S/C8H13N3O/c1-12-8-4-2-7(3-5-8)10-6-11-9/h2-5,10-11H,6,9H2,1H3. The average molecular weight is 167 g/mol. The Bertz CT molecular complexity index is 222. The second kappa shape index (κ2) is 4.58. The molecule has 0 bridgehead atoms. The Kier molecular flexibility index (Phi) is 3.37. The van der Waals surface area contributed by atoms with Gasteiger partial charge in [-0.05, 0) is 24.3 Å². The summed E-state index contributed by atoms with van der Waals surface area (Å²) < 4.78 is 5.01. The number of nitrogens with one attached hydrogen (secondary N) is 2. The molecule has 0 aliphatic heterocycles. The van der Waals surface area contributed by atoms with Gasteiger partial charge >= 0.3 is 0 Å². The van der Waals surface area contributed by atoms with Crippen LogP contribution in [0.3, 0.4) is 0 Å². The highest BCUT2D eigenvalue weighted by Gasteiger charge is 1.90. The van der Waals surface area contributed by atoms with Crippen molar-refractivity contribution in [2.75, 3.05) is 19.1 Å². The summed E-state index contributed by atoms with van der Waals surface area (Å²) in [6.45, 7) is 0.548. The maximum Gasteiger partial charge on any atom is 0.119 e. The second-order valence-corrected chi connectivity index (χ2v) is 2.29. The first kappa shape index (κ1) is 8.83. The number of nitrogens with two attached hydrogens (primary N) is 1. The topological polar surface area (TPSA) is 59.3 Å². The molecular weight excluding hydrogens is 154 g/mol. The van der Waals surface area contributed by atoms with Crippen molar-refractivity contribution in [3.05, 3.63) is 24.3 Å². The first-order valence-corrected chi connectivity index (χ1v) is 3.68. The van der Waals surface area contributed by atoms with Crippen LogP contribution in [0, 0.1) is 0 Å². The van der Waals surface area contributed by atoms with E-state index < -0.39 is 0 Å². The largest absolute Gasteiger partial charge is 0.497 e. The minimum absolute atomic E-state index is 0.548. The van der Waals surface area contributed by atoms with Crippen molar-refractivity contribution in [2.24, 2.45) is 5.84 Å². The molecule has 0 spiro atoms. The lowest BCUT2D eigenvalue weighted by Gasteiger charge is -2.05. The Morgan fingerprint density at radius 3 is 2.50 bits per heavy atom. The SMILES string of the molecule is COc1ccc(NCNN)cc1. The van der Waals surface area contributed by atoms with Crippen molar-refractivity contribution >= 4 is 5.69 Å². The van der Waals surface area contributed by atoms with E-state index >= 15 is 0 Å². The predicted octanol–water partition coefficient (Wildman–Crippen LogP) is 0.528. The normalized spacial score (nSPS) is 9.50. The molecule has 4 nitrogen and oxygen atoms in total. The summed E-state index contributed by atoms with van der Waals surface area (Å²) in [6, 6.07) is 7.63. The van der Waals surface area contributed by atoms with Crippen molar-refractivity contribution in [1.82, 2.24) is 5.43 Å². The van der Waals surface area contributed by atoms with Gasteiger partial charge in [0, 0.05) is 5.69 Å². The minimum Gasteiger partial charge on any atom is -0.497 e.